The fraction of sp³-hybridized carbons (Fsp3) is 0.0909. The number of anilines is 1. The van der Waals surface area contributed by atoms with Crippen molar-refractivity contribution in [2.45, 2.75) is 6.54 Å². The molecule has 90 valence electrons. The molecule has 1 aromatic carbocycles. The first kappa shape index (κ1) is 10.6. The monoisotopic (exact) mass is 247 g/mol. The van der Waals surface area contributed by atoms with E-state index >= 15 is 0 Å². The van der Waals surface area contributed by atoms with Crippen LogP contribution in [0.2, 0.25) is 0 Å². The van der Waals surface area contributed by atoms with E-state index in [1.54, 1.807) is 0 Å². The van der Waals surface area contributed by atoms with Crippen molar-refractivity contribution in [3.05, 3.63) is 41.8 Å². The summed E-state index contributed by atoms with van der Waals surface area (Å²) in [5.74, 6) is -1.74. The highest BCUT2D eigenvalue weighted by molar-refractivity contribution is 6.52. The Morgan fingerprint density at radius 2 is 2.17 bits per heavy atom. The summed E-state index contributed by atoms with van der Waals surface area (Å²) in [5, 5.41) is 3.56. The zero-order chi connectivity index (χ0) is 12.7. The van der Waals surface area contributed by atoms with Crippen LogP contribution in [0.5, 0.6) is 0 Å². The number of halogens is 1. The maximum atomic E-state index is 13.0. The van der Waals surface area contributed by atoms with Gasteiger partial charge in [0, 0.05) is 0 Å². The molecule has 0 fully saturated rings. The molecule has 6 nitrogen and oxygen atoms in total. The molecule has 2 heterocycles. The van der Waals surface area contributed by atoms with Crippen LogP contribution in [0.4, 0.5) is 10.1 Å². The highest BCUT2D eigenvalue weighted by atomic mass is 19.1. The molecule has 0 spiro atoms. The Morgan fingerprint density at radius 1 is 1.33 bits per heavy atom. The molecular weight excluding hydrogens is 241 g/mol. The van der Waals surface area contributed by atoms with Crippen molar-refractivity contribution < 1.29 is 18.5 Å². The topological polar surface area (TPSA) is 76.3 Å². The minimum atomic E-state index is -0.729. The molecule has 0 saturated heterocycles. The van der Waals surface area contributed by atoms with Crippen LogP contribution in [0, 0.1) is 5.82 Å². The number of hydrogen-bond acceptors (Lipinski definition) is 5. The lowest BCUT2D eigenvalue weighted by molar-refractivity contribution is -0.114. The second-order valence-corrected chi connectivity index (χ2v) is 3.73. The van der Waals surface area contributed by atoms with Crippen molar-refractivity contribution in [1.82, 2.24) is 10.1 Å². The Kier molecular flexibility index (Phi) is 2.19. The fourth-order valence-electron chi connectivity index (χ4n) is 1.83. The number of benzene rings is 1. The van der Waals surface area contributed by atoms with Gasteiger partial charge in [0.1, 0.15) is 5.82 Å². The van der Waals surface area contributed by atoms with Crippen LogP contribution in [0.15, 0.2) is 29.1 Å². The first-order chi connectivity index (χ1) is 8.66. The van der Waals surface area contributed by atoms with E-state index < -0.39 is 17.5 Å². The molecule has 1 aliphatic rings. The summed E-state index contributed by atoms with van der Waals surface area (Å²) in [4.78, 5) is 28.4. The second-order valence-electron chi connectivity index (χ2n) is 3.73. The number of aromatic nitrogens is 2. The van der Waals surface area contributed by atoms with Crippen molar-refractivity contribution >= 4 is 17.4 Å². The van der Waals surface area contributed by atoms with E-state index in [0.29, 0.717) is 5.69 Å². The Morgan fingerprint density at radius 3 is 2.89 bits per heavy atom. The third-order valence-corrected chi connectivity index (χ3v) is 2.64. The molecule has 0 N–H and O–H groups in total. The summed E-state index contributed by atoms with van der Waals surface area (Å²) in [6.45, 7) is 0.0136. The summed E-state index contributed by atoms with van der Waals surface area (Å²) in [6, 6.07) is 3.62. The van der Waals surface area contributed by atoms with E-state index in [4.69, 9.17) is 0 Å². The maximum absolute atomic E-state index is 13.0. The van der Waals surface area contributed by atoms with Gasteiger partial charge >= 0.3 is 0 Å². The van der Waals surface area contributed by atoms with Crippen LogP contribution in [0.1, 0.15) is 16.2 Å². The van der Waals surface area contributed by atoms with Gasteiger partial charge in [-0.15, -0.1) is 0 Å². The van der Waals surface area contributed by atoms with Crippen LogP contribution >= 0.6 is 0 Å². The number of ketones is 1. The molecule has 2 aromatic rings. The number of carbonyl (C=O) groups is 2. The van der Waals surface area contributed by atoms with Gasteiger partial charge in [0.25, 0.3) is 11.7 Å². The molecule has 1 aromatic heterocycles. The van der Waals surface area contributed by atoms with Gasteiger partial charge in [0.15, 0.2) is 5.82 Å². The first-order valence-electron chi connectivity index (χ1n) is 5.08. The van der Waals surface area contributed by atoms with Crippen molar-refractivity contribution in [2.75, 3.05) is 4.90 Å². The molecule has 3 rings (SSSR count). The molecule has 0 unspecified atom stereocenters. The fourth-order valence-corrected chi connectivity index (χ4v) is 1.83. The van der Waals surface area contributed by atoms with Crippen molar-refractivity contribution in [3.8, 4) is 0 Å². The molecule has 0 saturated carbocycles. The summed E-state index contributed by atoms with van der Waals surface area (Å²) >= 11 is 0. The van der Waals surface area contributed by atoms with Gasteiger partial charge in [0.05, 0.1) is 17.8 Å². The normalized spacial score (nSPS) is 14.2. The second kappa shape index (κ2) is 3.73. The Balaban J connectivity index is 2.02. The standard InChI is InChI=1S/C11H6FN3O3/c12-6-1-2-8-7(3-6)10(16)11(17)15(8)4-9-13-5-18-14-9/h1-3,5H,4H2. The Bertz CT molecular complexity index is 639. The molecule has 1 aliphatic heterocycles. The van der Waals surface area contributed by atoms with Crippen LogP contribution in [-0.2, 0) is 11.3 Å². The summed E-state index contributed by atoms with van der Waals surface area (Å²) in [7, 11) is 0. The third kappa shape index (κ3) is 1.48. The number of hydrogen-bond donors (Lipinski definition) is 0. The predicted molar refractivity (Wildman–Crippen MR) is 56.2 cm³/mol. The number of Topliss-reactive ketones (excluding diaryl/α,β-unsaturated/α-hetero) is 1. The van der Waals surface area contributed by atoms with Crippen molar-refractivity contribution in [3.63, 3.8) is 0 Å². The third-order valence-electron chi connectivity index (χ3n) is 2.64. The quantitative estimate of drug-likeness (QED) is 0.738. The minimum absolute atomic E-state index is 0.0136. The first-order valence-corrected chi connectivity index (χ1v) is 5.08. The molecule has 0 atom stereocenters. The average molecular weight is 247 g/mol. The van der Waals surface area contributed by atoms with Gasteiger partial charge in [-0.1, -0.05) is 5.16 Å². The van der Waals surface area contributed by atoms with E-state index in [9.17, 15) is 14.0 Å². The van der Waals surface area contributed by atoms with E-state index in [1.165, 1.54) is 17.0 Å². The number of amides is 1. The predicted octanol–water partition coefficient (Wildman–Crippen LogP) is 0.938. The SMILES string of the molecule is O=C1C(=O)N(Cc2ncon2)c2ccc(F)cc21. The summed E-state index contributed by atoms with van der Waals surface area (Å²) in [5.41, 5.74) is 0.416. The number of fused-ring (bicyclic) bond motifs is 1. The number of carbonyl (C=O) groups excluding carboxylic acids is 2. The number of rotatable bonds is 2. The maximum Gasteiger partial charge on any atom is 0.299 e. The summed E-state index contributed by atoms with van der Waals surface area (Å²) in [6.07, 6.45) is 1.13. The average Bonchev–Trinajstić information content (AvgIpc) is 2.94. The van der Waals surface area contributed by atoms with Crippen LogP contribution in [-0.4, -0.2) is 21.8 Å². The smallest absolute Gasteiger partial charge is 0.299 e. The Hall–Kier alpha value is -2.57. The lowest BCUT2D eigenvalue weighted by Gasteiger charge is -2.13. The van der Waals surface area contributed by atoms with Gasteiger partial charge in [-0.05, 0) is 18.2 Å². The van der Waals surface area contributed by atoms with E-state index in [0.717, 1.165) is 12.5 Å². The molecule has 0 aliphatic carbocycles. The van der Waals surface area contributed by atoms with Gasteiger partial charge in [0.2, 0.25) is 6.39 Å². The van der Waals surface area contributed by atoms with Gasteiger partial charge < -0.3 is 4.52 Å². The van der Waals surface area contributed by atoms with Crippen LogP contribution in [0.25, 0.3) is 0 Å². The largest absolute Gasteiger partial charge is 0.343 e. The van der Waals surface area contributed by atoms with E-state index in [2.05, 4.69) is 14.7 Å². The zero-order valence-corrected chi connectivity index (χ0v) is 8.96. The lowest BCUT2D eigenvalue weighted by atomic mass is 10.1. The highest BCUT2D eigenvalue weighted by Crippen LogP contribution is 2.30. The van der Waals surface area contributed by atoms with Crippen molar-refractivity contribution in [2.24, 2.45) is 0 Å². The number of nitrogens with zero attached hydrogens (tertiary/aromatic N) is 3. The molecule has 0 radical (unpaired) electrons. The minimum Gasteiger partial charge on any atom is -0.343 e. The van der Waals surface area contributed by atoms with Crippen molar-refractivity contribution in [1.29, 1.82) is 0 Å². The molecular formula is C11H6FN3O3. The highest BCUT2D eigenvalue weighted by Gasteiger charge is 2.36. The molecule has 0 bridgehead atoms. The molecule has 7 heteroatoms. The van der Waals surface area contributed by atoms with Gasteiger partial charge in [-0.2, -0.15) is 4.98 Å². The van der Waals surface area contributed by atoms with E-state index in [-0.39, 0.29) is 17.9 Å². The molecule has 18 heavy (non-hydrogen) atoms. The zero-order valence-electron chi connectivity index (χ0n) is 8.96. The molecule has 1 amide bonds. The van der Waals surface area contributed by atoms with Crippen LogP contribution in [0.3, 0.4) is 0 Å². The lowest BCUT2D eigenvalue weighted by Crippen LogP contribution is -2.29. The summed E-state index contributed by atoms with van der Waals surface area (Å²) < 4.78 is 17.6. The van der Waals surface area contributed by atoms with Gasteiger partial charge in [-0.25, -0.2) is 4.39 Å². The van der Waals surface area contributed by atoms with Crippen LogP contribution < -0.4 is 4.90 Å². The van der Waals surface area contributed by atoms with Gasteiger partial charge in [-0.3, -0.25) is 14.5 Å². The van der Waals surface area contributed by atoms with E-state index in [1.807, 2.05) is 0 Å². The Labute approximate surface area is 100 Å².